The molecule has 1 aliphatic heterocycles. The molecule has 0 spiro atoms. The van der Waals surface area contributed by atoms with Crippen LogP contribution in [0.4, 0.5) is 4.79 Å². The molecule has 140 valence electrons. The van der Waals surface area contributed by atoms with Crippen LogP contribution in [0.1, 0.15) is 24.1 Å². The van der Waals surface area contributed by atoms with E-state index >= 15 is 0 Å². The molecular formula is C21H16ClN3O3. The summed E-state index contributed by atoms with van der Waals surface area (Å²) in [7, 11) is 0. The van der Waals surface area contributed by atoms with Gasteiger partial charge in [0.1, 0.15) is 5.15 Å². The summed E-state index contributed by atoms with van der Waals surface area (Å²) in [4.78, 5) is 44.1. The molecule has 6 nitrogen and oxygen atoms in total. The highest BCUT2D eigenvalue weighted by Crippen LogP contribution is 2.29. The Morgan fingerprint density at radius 2 is 1.64 bits per heavy atom. The zero-order valence-electron chi connectivity index (χ0n) is 15.0. The third kappa shape index (κ3) is 3.01. The summed E-state index contributed by atoms with van der Waals surface area (Å²) in [6, 6.07) is 17.1. The number of hydrogen-bond acceptors (Lipinski definition) is 4. The van der Waals surface area contributed by atoms with Crippen LogP contribution in [0.3, 0.4) is 0 Å². The summed E-state index contributed by atoms with van der Waals surface area (Å²) in [5.74, 6) is -1.71. The smallest absolute Gasteiger partial charge is 0.263 e. The Balaban J connectivity index is 1.64. The van der Waals surface area contributed by atoms with Gasteiger partial charge in [-0.2, -0.15) is 0 Å². The van der Waals surface area contributed by atoms with Crippen LogP contribution >= 0.6 is 11.6 Å². The van der Waals surface area contributed by atoms with E-state index in [4.69, 9.17) is 11.6 Å². The summed E-state index contributed by atoms with van der Waals surface area (Å²) in [5.41, 5.74) is 1.99. The minimum absolute atomic E-state index is 0.113. The van der Waals surface area contributed by atoms with Crippen molar-refractivity contribution < 1.29 is 14.4 Å². The number of aromatic nitrogens is 1. The van der Waals surface area contributed by atoms with Gasteiger partial charge in [0.25, 0.3) is 0 Å². The lowest BCUT2D eigenvalue weighted by Gasteiger charge is -2.22. The van der Waals surface area contributed by atoms with Gasteiger partial charge in [-0.25, -0.2) is 14.7 Å². The number of halogens is 1. The van der Waals surface area contributed by atoms with Gasteiger partial charge in [-0.15, -0.1) is 0 Å². The van der Waals surface area contributed by atoms with Crippen molar-refractivity contribution in [3.8, 4) is 0 Å². The molecule has 0 saturated carbocycles. The number of carbonyl (C=O) groups excluding carboxylic acids is 3. The maximum absolute atomic E-state index is 12.9. The van der Waals surface area contributed by atoms with Crippen molar-refractivity contribution in [3.63, 3.8) is 0 Å². The first-order valence-electron chi connectivity index (χ1n) is 8.75. The van der Waals surface area contributed by atoms with E-state index in [9.17, 15) is 14.4 Å². The summed E-state index contributed by atoms with van der Waals surface area (Å²) >= 11 is 6.25. The fraction of sp³-hybridized carbons (Fsp3) is 0.143. The Hall–Kier alpha value is -3.25. The van der Waals surface area contributed by atoms with Crippen molar-refractivity contribution in [1.82, 2.24) is 14.8 Å². The molecule has 0 N–H and O–H groups in total. The van der Waals surface area contributed by atoms with E-state index in [1.165, 1.54) is 0 Å². The second-order valence-corrected chi connectivity index (χ2v) is 6.92. The molecule has 1 atom stereocenters. The van der Waals surface area contributed by atoms with Crippen molar-refractivity contribution in [3.05, 3.63) is 76.9 Å². The molecule has 1 aromatic heterocycles. The van der Waals surface area contributed by atoms with Crippen molar-refractivity contribution in [2.24, 2.45) is 0 Å². The van der Waals surface area contributed by atoms with Crippen LogP contribution in [0.25, 0.3) is 10.9 Å². The maximum Gasteiger partial charge on any atom is 0.335 e. The summed E-state index contributed by atoms with van der Waals surface area (Å²) in [6.07, 6.45) is 0. The number of amides is 4. The predicted molar refractivity (Wildman–Crippen MR) is 104 cm³/mol. The Kier molecular flexibility index (Phi) is 4.57. The fourth-order valence-electron chi connectivity index (χ4n) is 3.30. The number of para-hydroxylation sites is 1. The van der Waals surface area contributed by atoms with E-state index in [0.29, 0.717) is 11.1 Å². The monoisotopic (exact) mass is 393 g/mol. The topological polar surface area (TPSA) is 70.6 Å². The third-order valence-corrected chi connectivity index (χ3v) is 5.16. The molecule has 2 aromatic carbocycles. The Labute approximate surface area is 166 Å². The highest BCUT2D eigenvalue weighted by molar-refractivity contribution is 6.44. The molecule has 0 radical (unpaired) electrons. The molecule has 7 heteroatoms. The van der Waals surface area contributed by atoms with Crippen LogP contribution in [0, 0.1) is 0 Å². The molecule has 28 heavy (non-hydrogen) atoms. The Morgan fingerprint density at radius 1 is 0.964 bits per heavy atom. The quantitative estimate of drug-likeness (QED) is 0.382. The highest BCUT2D eigenvalue weighted by Gasteiger charge is 2.47. The lowest BCUT2D eigenvalue weighted by Crippen LogP contribution is -2.35. The molecule has 2 heterocycles. The van der Waals surface area contributed by atoms with Crippen molar-refractivity contribution in [1.29, 1.82) is 0 Å². The minimum Gasteiger partial charge on any atom is -0.263 e. The first-order valence-corrected chi connectivity index (χ1v) is 9.13. The Morgan fingerprint density at radius 3 is 2.39 bits per heavy atom. The summed E-state index contributed by atoms with van der Waals surface area (Å²) in [6.45, 7) is 1.60. The second-order valence-electron chi connectivity index (χ2n) is 6.57. The highest BCUT2D eigenvalue weighted by atomic mass is 35.5. The van der Waals surface area contributed by atoms with Crippen molar-refractivity contribution in [2.75, 3.05) is 0 Å². The van der Waals surface area contributed by atoms with Crippen molar-refractivity contribution in [2.45, 2.75) is 19.5 Å². The zero-order valence-corrected chi connectivity index (χ0v) is 15.8. The number of carbonyl (C=O) groups is 3. The molecular weight excluding hydrogens is 378 g/mol. The number of imide groups is 2. The average Bonchev–Trinajstić information content (AvgIpc) is 2.92. The van der Waals surface area contributed by atoms with Gasteiger partial charge < -0.3 is 0 Å². The van der Waals surface area contributed by atoms with E-state index in [2.05, 4.69) is 4.98 Å². The van der Waals surface area contributed by atoms with Gasteiger partial charge in [-0.1, -0.05) is 60.1 Å². The number of hydrogen-bond donors (Lipinski definition) is 0. The number of urea groups is 1. The molecule has 1 aliphatic rings. The average molecular weight is 394 g/mol. The molecule has 3 aromatic rings. The van der Waals surface area contributed by atoms with Gasteiger partial charge in [-0.3, -0.25) is 14.5 Å². The predicted octanol–water partition coefficient (Wildman–Crippen LogP) is 3.94. The van der Waals surface area contributed by atoms with E-state index in [1.54, 1.807) is 13.0 Å². The van der Waals surface area contributed by atoms with Crippen LogP contribution in [0.5, 0.6) is 0 Å². The fourth-order valence-corrected chi connectivity index (χ4v) is 3.51. The van der Waals surface area contributed by atoms with Gasteiger partial charge in [0.15, 0.2) is 0 Å². The summed E-state index contributed by atoms with van der Waals surface area (Å²) < 4.78 is 0. The molecule has 1 saturated heterocycles. The lowest BCUT2D eigenvalue weighted by molar-refractivity contribution is -0.144. The number of fused-ring (bicyclic) bond motifs is 1. The van der Waals surface area contributed by atoms with Crippen LogP contribution in [0.15, 0.2) is 60.7 Å². The summed E-state index contributed by atoms with van der Waals surface area (Å²) in [5, 5.41) is 1.03. The lowest BCUT2D eigenvalue weighted by atomic mass is 10.1. The van der Waals surface area contributed by atoms with Gasteiger partial charge in [0, 0.05) is 10.9 Å². The standard InChI is InChI=1S/C21H16ClN3O3/c1-13(14-7-3-2-4-8-14)25-20(27)19(26)24(21(25)28)12-16-11-15-9-5-6-10-17(15)23-18(16)22/h2-11,13H,12H2,1H3. The van der Waals surface area contributed by atoms with Gasteiger partial charge in [-0.05, 0) is 24.6 Å². The van der Waals surface area contributed by atoms with Gasteiger partial charge in [0.05, 0.1) is 18.1 Å². The van der Waals surface area contributed by atoms with E-state index in [-0.39, 0.29) is 11.7 Å². The van der Waals surface area contributed by atoms with Crippen LogP contribution in [0.2, 0.25) is 5.15 Å². The van der Waals surface area contributed by atoms with Gasteiger partial charge >= 0.3 is 17.8 Å². The number of benzene rings is 2. The number of nitrogens with zero attached hydrogens (tertiary/aromatic N) is 3. The van der Waals surface area contributed by atoms with Crippen LogP contribution in [-0.4, -0.2) is 32.6 Å². The van der Waals surface area contributed by atoms with Crippen LogP contribution in [-0.2, 0) is 16.1 Å². The Bertz CT molecular complexity index is 1100. The van der Waals surface area contributed by atoms with E-state index in [0.717, 1.165) is 20.7 Å². The normalized spacial score (nSPS) is 15.6. The third-order valence-electron chi connectivity index (χ3n) is 4.83. The van der Waals surface area contributed by atoms with E-state index in [1.807, 2.05) is 54.6 Å². The molecule has 1 unspecified atom stereocenters. The van der Waals surface area contributed by atoms with Gasteiger partial charge in [0.2, 0.25) is 0 Å². The first-order chi connectivity index (χ1) is 13.5. The second kappa shape index (κ2) is 7.05. The number of pyridine rings is 1. The number of rotatable bonds is 4. The van der Waals surface area contributed by atoms with E-state index < -0.39 is 23.9 Å². The molecule has 0 bridgehead atoms. The molecule has 0 aliphatic carbocycles. The molecule has 1 fully saturated rings. The maximum atomic E-state index is 12.9. The molecule has 4 rings (SSSR count). The SMILES string of the molecule is CC(c1ccccc1)N1C(=O)C(=O)N(Cc2cc3ccccc3nc2Cl)C1=O. The van der Waals surface area contributed by atoms with Crippen LogP contribution < -0.4 is 0 Å². The largest absolute Gasteiger partial charge is 0.335 e. The van der Waals surface area contributed by atoms with Crippen molar-refractivity contribution >= 4 is 40.3 Å². The zero-order chi connectivity index (χ0) is 19.8. The minimum atomic E-state index is -0.864. The first kappa shape index (κ1) is 18.1. The molecule has 4 amide bonds.